The van der Waals surface area contributed by atoms with E-state index in [2.05, 4.69) is 187 Å². The Morgan fingerprint density at radius 3 is 1.69 bits per heavy atom. The molecule has 8 aromatic carbocycles. The van der Waals surface area contributed by atoms with Crippen molar-refractivity contribution in [2.24, 2.45) is 0 Å². The molecule has 252 valence electrons. The molecule has 0 unspecified atom stereocenters. The lowest BCUT2D eigenvalue weighted by Crippen LogP contribution is -1.97. The highest BCUT2D eigenvalue weighted by Crippen LogP contribution is 2.42. The molecule has 0 saturated heterocycles. The Bertz CT molecular complexity index is 3160. The van der Waals surface area contributed by atoms with Crippen LogP contribution in [0.2, 0.25) is 0 Å². The van der Waals surface area contributed by atoms with Gasteiger partial charge in [0.15, 0.2) is 5.82 Å². The first kappa shape index (κ1) is 30.7. The first-order chi connectivity index (χ1) is 26.8. The summed E-state index contributed by atoms with van der Waals surface area (Å²) in [4.78, 5) is 10.6. The quantitative estimate of drug-likeness (QED) is 0.178. The Hall–Kier alpha value is -6.88. The molecule has 0 spiro atoms. The van der Waals surface area contributed by atoms with Crippen LogP contribution in [0.1, 0.15) is 0 Å². The largest absolute Gasteiger partial charge is 0.309 e. The van der Waals surface area contributed by atoms with Crippen molar-refractivity contribution >= 4 is 64.1 Å². The highest BCUT2D eigenvalue weighted by Gasteiger charge is 2.18. The molecule has 3 heterocycles. The zero-order valence-corrected chi connectivity index (χ0v) is 30.0. The van der Waals surface area contributed by atoms with Gasteiger partial charge in [0.1, 0.15) is 0 Å². The number of thiophene rings is 1. The Morgan fingerprint density at radius 1 is 0.370 bits per heavy atom. The molecule has 0 aliphatic carbocycles. The standard InChI is InChI=1S/C50H31N3S/c1-2-13-33(14-3-1)44-31-45(43-21-12-20-41-40-19-8-11-24-48(40)54-49(41)43)52-50(51-44)42-30-29-35(36-15-4-5-16-37(36)42)32-25-27-34(28-26-32)53-46-22-9-6-17-38(46)39-18-7-10-23-47(39)53/h1-31H. The molecule has 54 heavy (non-hydrogen) atoms. The number of para-hydroxylation sites is 2. The molecule has 0 fully saturated rings. The molecule has 4 heteroatoms. The highest BCUT2D eigenvalue weighted by atomic mass is 32.1. The number of hydrogen-bond acceptors (Lipinski definition) is 3. The smallest absolute Gasteiger partial charge is 0.161 e. The van der Waals surface area contributed by atoms with E-state index >= 15 is 0 Å². The molecule has 3 aromatic heterocycles. The van der Waals surface area contributed by atoms with Crippen LogP contribution >= 0.6 is 11.3 Å². The molecule has 0 bridgehead atoms. The highest BCUT2D eigenvalue weighted by molar-refractivity contribution is 7.26. The monoisotopic (exact) mass is 705 g/mol. The fourth-order valence-corrected chi connectivity index (χ4v) is 9.37. The number of fused-ring (bicyclic) bond motifs is 7. The molecule has 0 saturated carbocycles. The molecule has 0 radical (unpaired) electrons. The van der Waals surface area contributed by atoms with Gasteiger partial charge in [-0.05, 0) is 64.4 Å². The van der Waals surface area contributed by atoms with Gasteiger partial charge in [0.25, 0.3) is 0 Å². The Balaban J connectivity index is 1.06. The van der Waals surface area contributed by atoms with Gasteiger partial charge in [-0.2, -0.15) is 0 Å². The summed E-state index contributed by atoms with van der Waals surface area (Å²) < 4.78 is 4.89. The number of benzene rings is 8. The van der Waals surface area contributed by atoms with Gasteiger partial charge < -0.3 is 4.57 Å². The minimum Gasteiger partial charge on any atom is -0.309 e. The summed E-state index contributed by atoms with van der Waals surface area (Å²) in [7, 11) is 0. The van der Waals surface area contributed by atoms with Gasteiger partial charge in [-0.3, -0.25) is 0 Å². The van der Waals surface area contributed by atoms with E-state index in [0.29, 0.717) is 5.82 Å². The van der Waals surface area contributed by atoms with Crippen molar-refractivity contribution < 1.29 is 0 Å². The van der Waals surface area contributed by atoms with E-state index in [4.69, 9.17) is 9.97 Å². The molecule has 11 aromatic rings. The number of aromatic nitrogens is 3. The van der Waals surface area contributed by atoms with Crippen LogP contribution in [-0.2, 0) is 0 Å². The lowest BCUT2D eigenvalue weighted by molar-refractivity contribution is 1.18. The van der Waals surface area contributed by atoms with Crippen molar-refractivity contribution in [3.05, 3.63) is 188 Å². The van der Waals surface area contributed by atoms with Crippen molar-refractivity contribution in [3.8, 4) is 50.7 Å². The third kappa shape index (κ3) is 4.88. The van der Waals surface area contributed by atoms with Gasteiger partial charge in [0.2, 0.25) is 0 Å². The Labute approximate surface area is 316 Å². The van der Waals surface area contributed by atoms with Crippen LogP contribution in [0.25, 0.3) is 103 Å². The van der Waals surface area contributed by atoms with Crippen LogP contribution in [0.3, 0.4) is 0 Å². The summed E-state index contributed by atoms with van der Waals surface area (Å²) in [5, 5.41) is 7.36. The summed E-state index contributed by atoms with van der Waals surface area (Å²) in [6.07, 6.45) is 0. The third-order valence-corrected chi connectivity index (χ3v) is 11.9. The molecule has 0 aliphatic rings. The molecule has 0 amide bonds. The lowest BCUT2D eigenvalue weighted by atomic mass is 9.94. The lowest BCUT2D eigenvalue weighted by Gasteiger charge is -2.14. The number of nitrogens with zero attached hydrogens (tertiary/aromatic N) is 3. The van der Waals surface area contributed by atoms with E-state index in [-0.39, 0.29) is 0 Å². The predicted molar refractivity (Wildman–Crippen MR) is 229 cm³/mol. The Morgan fingerprint density at radius 2 is 0.944 bits per heavy atom. The zero-order chi connectivity index (χ0) is 35.6. The van der Waals surface area contributed by atoms with Crippen molar-refractivity contribution in [1.82, 2.24) is 14.5 Å². The second-order valence-electron chi connectivity index (χ2n) is 13.7. The molecular formula is C50H31N3S. The van der Waals surface area contributed by atoms with Crippen molar-refractivity contribution in [2.45, 2.75) is 0 Å². The summed E-state index contributed by atoms with van der Waals surface area (Å²) in [6, 6.07) is 67.2. The van der Waals surface area contributed by atoms with Crippen LogP contribution in [0, 0.1) is 0 Å². The maximum atomic E-state index is 5.35. The van der Waals surface area contributed by atoms with Crippen LogP contribution in [-0.4, -0.2) is 14.5 Å². The topological polar surface area (TPSA) is 30.7 Å². The van der Waals surface area contributed by atoms with E-state index in [1.54, 1.807) is 0 Å². The van der Waals surface area contributed by atoms with Crippen molar-refractivity contribution in [3.63, 3.8) is 0 Å². The van der Waals surface area contributed by atoms with Crippen molar-refractivity contribution in [1.29, 1.82) is 0 Å². The SMILES string of the molecule is c1ccc(-c2cc(-c3cccc4c3sc3ccccc34)nc(-c3ccc(-c4ccc(-n5c6ccccc6c6ccccc65)cc4)c4ccccc34)n2)cc1. The van der Waals surface area contributed by atoms with Gasteiger partial charge in [-0.15, -0.1) is 11.3 Å². The van der Waals surface area contributed by atoms with Gasteiger partial charge in [0.05, 0.1) is 22.4 Å². The van der Waals surface area contributed by atoms with Gasteiger partial charge in [0, 0.05) is 53.3 Å². The molecule has 0 atom stereocenters. The maximum Gasteiger partial charge on any atom is 0.161 e. The fraction of sp³-hybridized carbons (Fsp3) is 0. The average molecular weight is 706 g/mol. The molecule has 3 nitrogen and oxygen atoms in total. The number of hydrogen-bond donors (Lipinski definition) is 0. The second-order valence-corrected chi connectivity index (χ2v) is 14.8. The maximum absolute atomic E-state index is 5.35. The van der Waals surface area contributed by atoms with E-state index in [1.165, 1.54) is 58.5 Å². The summed E-state index contributed by atoms with van der Waals surface area (Å²) in [6.45, 7) is 0. The van der Waals surface area contributed by atoms with E-state index in [0.717, 1.165) is 39.2 Å². The first-order valence-electron chi connectivity index (χ1n) is 18.2. The normalized spacial score (nSPS) is 11.7. The van der Waals surface area contributed by atoms with Crippen molar-refractivity contribution in [2.75, 3.05) is 0 Å². The number of rotatable bonds is 5. The fourth-order valence-electron chi connectivity index (χ4n) is 8.15. The van der Waals surface area contributed by atoms with E-state index < -0.39 is 0 Å². The summed E-state index contributed by atoms with van der Waals surface area (Å²) in [5.74, 6) is 0.717. The van der Waals surface area contributed by atoms with Crippen LogP contribution in [0.15, 0.2) is 188 Å². The predicted octanol–water partition coefficient (Wildman–Crippen LogP) is 13.8. The minimum atomic E-state index is 0.717. The first-order valence-corrected chi connectivity index (χ1v) is 19.1. The summed E-state index contributed by atoms with van der Waals surface area (Å²) >= 11 is 1.83. The van der Waals surface area contributed by atoms with Gasteiger partial charge >= 0.3 is 0 Å². The van der Waals surface area contributed by atoms with Crippen LogP contribution < -0.4 is 0 Å². The average Bonchev–Trinajstić information content (AvgIpc) is 3.80. The van der Waals surface area contributed by atoms with Gasteiger partial charge in [-0.1, -0.05) is 146 Å². The second kappa shape index (κ2) is 12.4. The molecule has 0 aliphatic heterocycles. The van der Waals surface area contributed by atoms with Crippen LogP contribution in [0.5, 0.6) is 0 Å². The molecule has 11 rings (SSSR count). The molecular weight excluding hydrogens is 675 g/mol. The third-order valence-electron chi connectivity index (χ3n) is 10.7. The van der Waals surface area contributed by atoms with E-state index in [1.807, 2.05) is 17.4 Å². The zero-order valence-electron chi connectivity index (χ0n) is 29.1. The molecule has 0 N–H and O–H groups in total. The minimum absolute atomic E-state index is 0.717. The van der Waals surface area contributed by atoms with Crippen LogP contribution in [0.4, 0.5) is 0 Å². The van der Waals surface area contributed by atoms with E-state index in [9.17, 15) is 0 Å². The van der Waals surface area contributed by atoms with Gasteiger partial charge in [-0.25, -0.2) is 9.97 Å². The Kier molecular flexibility index (Phi) is 7.04. The summed E-state index contributed by atoms with van der Waals surface area (Å²) in [5.41, 5.74) is 10.9.